The van der Waals surface area contributed by atoms with Crippen molar-refractivity contribution in [3.63, 3.8) is 0 Å². The quantitative estimate of drug-likeness (QED) is 0.0749. The van der Waals surface area contributed by atoms with Gasteiger partial charge in [-0.2, -0.15) is 0 Å². The monoisotopic (exact) mass is 979 g/mol. The number of aliphatic hydroxyl groups is 1. The third-order valence-corrected chi connectivity index (χ3v) is 13.9. The Labute approximate surface area is 409 Å². The number of rotatable bonds is 16. The highest BCUT2D eigenvalue weighted by molar-refractivity contribution is 7.13. The van der Waals surface area contributed by atoms with E-state index in [2.05, 4.69) is 25.6 Å². The first-order valence-corrected chi connectivity index (χ1v) is 24.3. The summed E-state index contributed by atoms with van der Waals surface area (Å²) in [5.41, 5.74) is 5.34. The molecule has 370 valence electrons. The second-order valence-electron chi connectivity index (χ2n) is 20.0. The molecule has 0 spiro atoms. The first kappa shape index (κ1) is 50.3. The van der Waals surface area contributed by atoms with E-state index in [1.54, 1.807) is 49.8 Å². The van der Waals surface area contributed by atoms with Crippen LogP contribution in [-0.4, -0.2) is 97.2 Å². The summed E-state index contributed by atoms with van der Waals surface area (Å²) in [7, 11) is 0. The van der Waals surface area contributed by atoms with E-state index in [0.29, 0.717) is 23.4 Å². The zero-order valence-electron chi connectivity index (χ0n) is 40.4. The van der Waals surface area contributed by atoms with Crippen LogP contribution in [0.3, 0.4) is 0 Å². The number of hydrogen-bond donors (Lipinski definition) is 4. The van der Waals surface area contributed by atoms with E-state index in [1.807, 2.05) is 67.3 Å². The third kappa shape index (κ3) is 11.2. The Kier molecular flexibility index (Phi) is 14.8. The topological polar surface area (TPSA) is 162 Å². The molecule has 0 bridgehead atoms. The SMILES string of the molecule is Cc1ncsc1-c1ccc(CNC(=O)[C@@H]2C[C@@H](O)CN2C(=O)C(NC(=O)COCc2cccnc2COc2cc(F)c([C@@H]3c4[nH]c5ccccc5c4C[C@@H](C)N3CC(C)(C)F)c(F)c2)C(C)(C)C)cc1. The van der Waals surface area contributed by atoms with E-state index < -0.39 is 71.3 Å². The molecule has 3 aromatic heterocycles. The van der Waals surface area contributed by atoms with Gasteiger partial charge in [-0.15, -0.1) is 11.3 Å². The Morgan fingerprint density at radius 1 is 0.986 bits per heavy atom. The minimum absolute atomic E-state index is 0.0484. The number of nitrogens with zero attached hydrogens (tertiary/aromatic N) is 4. The van der Waals surface area contributed by atoms with Gasteiger partial charge in [0.2, 0.25) is 17.7 Å². The van der Waals surface area contributed by atoms with Crippen LogP contribution in [0.1, 0.15) is 93.3 Å². The number of amides is 3. The van der Waals surface area contributed by atoms with E-state index >= 15 is 13.2 Å². The number of para-hydroxylation sites is 1. The van der Waals surface area contributed by atoms with Crippen LogP contribution in [-0.2, 0) is 45.3 Å². The lowest BCUT2D eigenvalue weighted by atomic mass is 9.85. The minimum Gasteiger partial charge on any atom is -0.487 e. The molecule has 2 aliphatic heterocycles. The number of ether oxygens (including phenoxy) is 2. The number of fused-ring (bicyclic) bond motifs is 3. The van der Waals surface area contributed by atoms with Crippen molar-refractivity contribution in [3.05, 3.63) is 135 Å². The van der Waals surface area contributed by atoms with Gasteiger partial charge in [0.15, 0.2) is 0 Å². The van der Waals surface area contributed by atoms with Crippen molar-refractivity contribution < 1.29 is 42.1 Å². The van der Waals surface area contributed by atoms with Crippen molar-refractivity contribution in [1.82, 2.24) is 35.4 Å². The van der Waals surface area contributed by atoms with Crippen LogP contribution in [0, 0.1) is 24.0 Å². The summed E-state index contributed by atoms with van der Waals surface area (Å²) in [6.07, 6.45) is 1.23. The molecule has 2 aliphatic rings. The van der Waals surface area contributed by atoms with Crippen molar-refractivity contribution in [2.45, 2.75) is 117 Å². The molecule has 17 heteroatoms. The molecule has 6 aromatic rings. The summed E-state index contributed by atoms with van der Waals surface area (Å²) in [6, 6.07) is 18.0. The molecule has 5 heterocycles. The van der Waals surface area contributed by atoms with Crippen molar-refractivity contribution >= 4 is 40.0 Å². The molecular formula is C53H60F3N7O6S. The summed E-state index contributed by atoms with van der Waals surface area (Å²) < 4.78 is 59.7. The Morgan fingerprint density at radius 3 is 2.40 bits per heavy atom. The number of alkyl halides is 1. The lowest BCUT2D eigenvalue weighted by molar-refractivity contribution is -0.144. The van der Waals surface area contributed by atoms with Crippen LogP contribution in [0.25, 0.3) is 21.3 Å². The number of carbonyl (C=O) groups is 3. The standard InChI is InChI=1S/C53H60F3N7O6S/c1-30-19-38-37-12-8-9-13-41(37)60-46(38)47(63(30)28-53(6,7)56)45-39(54)21-36(22-40(45)55)69-26-42-34(11-10-18-57-42)25-68-27-44(65)61-49(52(3,4)5)51(67)62-24-35(64)20-43(62)50(66)58-23-32-14-16-33(17-15-32)48-31(2)59-29-70-48/h8-18,21-22,29-30,35,43,47,49,60,64H,19-20,23-28H2,1-7H3,(H,58,66)(H,61,65)/t30-,35-,43+,47-,49?/m1/s1. The summed E-state index contributed by atoms with van der Waals surface area (Å²) in [5, 5.41) is 17.3. The number of nitrogens with one attached hydrogen (secondary N) is 3. The van der Waals surface area contributed by atoms with Crippen LogP contribution in [0.2, 0.25) is 0 Å². The van der Waals surface area contributed by atoms with E-state index in [4.69, 9.17) is 9.47 Å². The number of halogens is 3. The minimum atomic E-state index is -1.64. The molecule has 8 rings (SSSR count). The van der Waals surface area contributed by atoms with Crippen LogP contribution < -0.4 is 15.4 Å². The molecule has 3 aromatic carbocycles. The second-order valence-corrected chi connectivity index (χ2v) is 20.9. The lowest BCUT2D eigenvalue weighted by Crippen LogP contribution is -2.58. The molecule has 70 heavy (non-hydrogen) atoms. The number of H-pyrrole nitrogens is 1. The Hall–Kier alpha value is -6.14. The normalized spacial score (nSPS) is 19.0. The molecular weight excluding hydrogens is 920 g/mol. The maximum Gasteiger partial charge on any atom is 0.246 e. The van der Waals surface area contributed by atoms with Gasteiger partial charge in [0.05, 0.1) is 40.5 Å². The molecule has 4 N–H and O–H groups in total. The van der Waals surface area contributed by atoms with Crippen molar-refractivity contribution in [3.8, 4) is 16.2 Å². The zero-order chi connectivity index (χ0) is 50.1. The average molecular weight is 980 g/mol. The Morgan fingerprint density at radius 2 is 1.71 bits per heavy atom. The molecule has 5 atom stereocenters. The Bertz CT molecular complexity index is 2840. The Balaban J connectivity index is 0.884. The molecule has 3 amide bonds. The first-order valence-electron chi connectivity index (χ1n) is 23.5. The molecule has 1 fully saturated rings. The maximum atomic E-state index is 16.4. The number of benzene rings is 3. The maximum absolute atomic E-state index is 16.4. The molecule has 0 aliphatic carbocycles. The van der Waals surface area contributed by atoms with Crippen LogP contribution in [0.4, 0.5) is 13.2 Å². The highest BCUT2D eigenvalue weighted by atomic mass is 32.1. The summed E-state index contributed by atoms with van der Waals surface area (Å²) in [5.74, 6) is -3.27. The fourth-order valence-electron chi connectivity index (χ4n) is 9.53. The summed E-state index contributed by atoms with van der Waals surface area (Å²) in [4.78, 5) is 57.4. The van der Waals surface area contributed by atoms with E-state index in [9.17, 15) is 19.5 Å². The van der Waals surface area contributed by atoms with Crippen LogP contribution >= 0.6 is 11.3 Å². The molecule has 1 unspecified atom stereocenters. The van der Waals surface area contributed by atoms with Gasteiger partial charge in [0.1, 0.15) is 48.4 Å². The fraction of sp³-hybridized carbons (Fsp3) is 0.415. The summed E-state index contributed by atoms with van der Waals surface area (Å²) in [6.45, 7) is 11.6. The van der Waals surface area contributed by atoms with E-state index in [-0.39, 0.29) is 56.6 Å². The lowest BCUT2D eigenvalue weighted by Gasteiger charge is -2.43. The van der Waals surface area contributed by atoms with Gasteiger partial charge in [-0.1, -0.05) is 69.3 Å². The van der Waals surface area contributed by atoms with Crippen molar-refractivity contribution in [2.75, 3.05) is 19.7 Å². The number of hydrogen-bond acceptors (Lipinski definition) is 10. The number of aryl methyl sites for hydroxylation is 1. The molecule has 13 nitrogen and oxygen atoms in total. The van der Waals surface area contributed by atoms with Crippen LogP contribution in [0.15, 0.2) is 84.5 Å². The largest absolute Gasteiger partial charge is 0.487 e. The number of aliphatic hydroxyl groups excluding tert-OH is 1. The van der Waals surface area contributed by atoms with Gasteiger partial charge in [0.25, 0.3) is 0 Å². The van der Waals surface area contributed by atoms with E-state index in [0.717, 1.165) is 50.3 Å². The highest BCUT2D eigenvalue weighted by Gasteiger charge is 2.45. The van der Waals surface area contributed by atoms with Gasteiger partial charge in [-0.25, -0.2) is 18.2 Å². The predicted octanol–water partition coefficient (Wildman–Crippen LogP) is 8.26. The second kappa shape index (κ2) is 20.7. The first-order chi connectivity index (χ1) is 33.3. The van der Waals surface area contributed by atoms with Gasteiger partial charge in [-0.05, 0) is 68.4 Å². The van der Waals surface area contributed by atoms with E-state index in [1.165, 1.54) is 24.9 Å². The smallest absolute Gasteiger partial charge is 0.246 e. The van der Waals surface area contributed by atoms with Gasteiger partial charge >= 0.3 is 0 Å². The number of thiazole rings is 1. The molecule has 1 saturated heterocycles. The van der Waals surface area contributed by atoms with Crippen molar-refractivity contribution in [1.29, 1.82) is 0 Å². The third-order valence-electron chi connectivity index (χ3n) is 13.0. The van der Waals surface area contributed by atoms with Crippen LogP contribution in [0.5, 0.6) is 5.75 Å². The number of likely N-dealkylation sites (tertiary alicyclic amines) is 1. The average Bonchev–Trinajstić information content (AvgIpc) is 4.03. The zero-order valence-corrected chi connectivity index (χ0v) is 41.3. The highest BCUT2D eigenvalue weighted by Crippen LogP contribution is 2.44. The van der Waals surface area contributed by atoms with Gasteiger partial charge < -0.3 is 35.1 Å². The summed E-state index contributed by atoms with van der Waals surface area (Å²) >= 11 is 1.55. The number of aromatic amines is 1. The number of pyridine rings is 1. The number of carbonyl (C=O) groups excluding carboxylic acids is 3. The molecule has 0 radical (unpaired) electrons. The van der Waals surface area contributed by atoms with Gasteiger partial charge in [0, 0.05) is 78.2 Å². The predicted molar refractivity (Wildman–Crippen MR) is 261 cm³/mol. The number of aromatic nitrogens is 3. The fourth-order valence-corrected chi connectivity index (χ4v) is 10.3. The number of β-amino-alcohol motifs (C(OH)–C–C–N with tert-alkyl or cyclic N) is 1. The van der Waals surface area contributed by atoms with Gasteiger partial charge in [-0.3, -0.25) is 24.3 Å². The van der Waals surface area contributed by atoms with Crippen molar-refractivity contribution in [2.24, 2.45) is 5.41 Å². The molecule has 0 saturated carbocycles.